The fraction of sp³-hybridized carbons (Fsp3) is 0.417. The summed E-state index contributed by atoms with van der Waals surface area (Å²) >= 11 is 1.22. The summed E-state index contributed by atoms with van der Waals surface area (Å²) < 4.78 is 28.9. The standard InChI is InChI=1S/C12H18N4O2S2/c1-9-7-12(19-11(9)8-13)20(17,18)14-5-3-10-4-6-16(2)15-10/h4,6-7,14H,3,5,8,13H2,1-2H3. The van der Waals surface area contributed by atoms with E-state index >= 15 is 0 Å². The fourth-order valence-electron chi connectivity index (χ4n) is 1.80. The summed E-state index contributed by atoms with van der Waals surface area (Å²) in [6.07, 6.45) is 2.40. The second-order valence-corrected chi connectivity index (χ2v) is 7.63. The maximum Gasteiger partial charge on any atom is 0.250 e. The van der Waals surface area contributed by atoms with Gasteiger partial charge >= 0.3 is 0 Å². The molecule has 0 aliphatic rings. The first kappa shape index (κ1) is 15.2. The first-order valence-corrected chi connectivity index (χ1v) is 8.50. The molecule has 0 radical (unpaired) electrons. The van der Waals surface area contributed by atoms with Crippen molar-refractivity contribution < 1.29 is 8.42 Å². The number of rotatable bonds is 6. The Hall–Kier alpha value is -1.22. The lowest BCUT2D eigenvalue weighted by Gasteiger charge is -2.03. The molecule has 0 aliphatic heterocycles. The summed E-state index contributed by atoms with van der Waals surface area (Å²) in [5.41, 5.74) is 7.35. The molecule has 2 heterocycles. The second-order valence-electron chi connectivity index (χ2n) is 4.50. The van der Waals surface area contributed by atoms with Gasteiger partial charge in [0.05, 0.1) is 5.69 Å². The highest BCUT2D eigenvalue weighted by atomic mass is 32.2. The predicted octanol–water partition coefficient (Wildman–Crippen LogP) is 0.770. The Morgan fingerprint density at radius 2 is 2.25 bits per heavy atom. The van der Waals surface area contributed by atoms with Crippen LogP contribution in [0.4, 0.5) is 0 Å². The molecule has 0 bridgehead atoms. The summed E-state index contributed by atoms with van der Waals surface area (Å²) in [6.45, 7) is 2.56. The van der Waals surface area contributed by atoms with Crippen LogP contribution in [0.3, 0.4) is 0 Å². The van der Waals surface area contributed by atoms with Gasteiger partial charge in [0.25, 0.3) is 0 Å². The number of hydrogen-bond donors (Lipinski definition) is 2. The van der Waals surface area contributed by atoms with Crippen molar-refractivity contribution in [3.63, 3.8) is 0 Å². The molecule has 0 atom stereocenters. The lowest BCUT2D eigenvalue weighted by molar-refractivity contribution is 0.583. The maximum atomic E-state index is 12.1. The number of nitrogens with one attached hydrogen (secondary N) is 1. The van der Waals surface area contributed by atoms with Crippen LogP contribution in [-0.2, 0) is 30.0 Å². The van der Waals surface area contributed by atoms with Gasteiger partial charge in [0.1, 0.15) is 4.21 Å². The number of aromatic nitrogens is 2. The molecule has 0 aromatic carbocycles. The Morgan fingerprint density at radius 3 is 2.80 bits per heavy atom. The van der Waals surface area contributed by atoms with E-state index in [1.54, 1.807) is 10.7 Å². The van der Waals surface area contributed by atoms with Gasteiger partial charge in [-0.25, -0.2) is 13.1 Å². The van der Waals surface area contributed by atoms with E-state index in [1.807, 2.05) is 26.2 Å². The van der Waals surface area contributed by atoms with Crippen molar-refractivity contribution in [1.29, 1.82) is 0 Å². The third-order valence-corrected chi connectivity index (χ3v) is 6.08. The van der Waals surface area contributed by atoms with Gasteiger partial charge < -0.3 is 5.73 Å². The van der Waals surface area contributed by atoms with E-state index in [0.29, 0.717) is 23.7 Å². The molecular formula is C12H18N4O2S2. The minimum absolute atomic E-state index is 0.316. The van der Waals surface area contributed by atoms with Gasteiger partial charge in [-0.2, -0.15) is 5.10 Å². The van der Waals surface area contributed by atoms with Gasteiger partial charge in [-0.05, 0) is 24.6 Å². The van der Waals surface area contributed by atoms with Crippen LogP contribution in [0.25, 0.3) is 0 Å². The minimum Gasteiger partial charge on any atom is -0.326 e. The molecule has 110 valence electrons. The van der Waals surface area contributed by atoms with Crippen LogP contribution in [0.15, 0.2) is 22.5 Å². The third kappa shape index (κ3) is 3.45. The normalized spacial score (nSPS) is 11.9. The topological polar surface area (TPSA) is 90.0 Å². The van der Waals surface area contributed by atoms with E-state index in [9.17, 15) is 8.42 Å². The van der Waals surface area contributed by atoms with Crippen molar-refractivity contribution in [2.24, 2.45) is 12.8 Å². The monoisotopic (exact) mass is 314 g/mol. The van der Waals surface area contributed by atoms with E-state index in [0.717, 1.165) is 16.1 Å². The molecule has 0 fully saturated rings. The van der Waals surface area contributed by atoms with Crippen molar-refractivity contribution in [3.8, 4) is 0 Å². The van der Waals surface area contributed by atoms with E-state index in [4.69, 9.17) is 5.73 Å². The molecule has 2 aromatic rings. The SMILES string of the molecule is Cc1cc(S(=O)(=O)NCCc2ccn(C)n2)sc1CN. The Bertz CT molecular complexity index is 688. The molecule has 0 saturated heterocycles. The molecule has 0 aliphatic carbocycles. The average Bonchev–Trinajstić information content (AvgIpc) is 2.95. The summed E-state index contributed by atoms with van der Waals surface area (Å²) in [5.74, 6) is 0. The lowest BCUT2D eigenvalue weighted by atomic mass is 10.3. The highest BCUT2D eigenvalue weighted by Gasteiger charge is 2.18. The Labute approximate surface area is 122 Å². The summed E-state index contributed by atoms with van der Waals surface area (Å²) in [7, 11) is -1.63. The van der Waals surface area contributed by atoms with Crippen LogP contribution < -0.4 is 10.5 Å². The first-order valence-electron chi connectivity index (χ1n) is 6.20. The van der Waals surface area contributed by atoms with Crippen LogP contribution in [0.2, 0.25) is 0 Å². The second kappa shape index (κ2) is 6.04. The Kier molecular flexibility index (Phi) is 4.59. The number of aryl methyl sites for hydroxylation is 2. The van der Waals surface area contributed by atoms with E-state index in [-0.39, 0.29) is 0 Å². The maximum absolute atomic E-state index is 12.1. The van der Waals surface area contributed by atoms with Crippen molar-refractivity contribution in [3.05, 3.63) is 34.5 Å². The van der Waals surface area contributed by atoms with Crippen LogP contribution in [0, 0.1) is 6.92 Å². The first-order chi connectivity index (χ1) is 9.42. The molecule has 8 heteroatoms. The van der Waals surface area contributed by atoms with Crippen molar-refractivity contribution in [2.45, 2.75) is 24.1 Å². The number of nitrogens with two attached hydrogens (primary N) is 1. The molecule has 20 heavy (non-hydrogen) atoms. The molecule has 0 unspecified atom stereocenters. The summed E-state index contributed by atoms with van der Waals surface area (Å²) in [6, 6.07) is 3.53. The fourth-order valence-corrected chi connectivity index (χ4v) is 4.35. The molecule has 6 nitrogen and oxygen atoms in total. The van der Waals surface area contributed by atoms with Crippen LogP contribution in [0.5, 0.6) is 0 Å². The molecule has 0 spiro atoms. The number of sulfonamides is 1. The van der Waals surface area contributed by atoms with Crippen LogP contribution >= 0.6 is 11.3 Å². The lowest BCUT2D eigenvalue weighted by Crippen LogP contribution is -2.25. The molecule has 2 rings (SSSR count). The minimum atomic E-state index is -3.46. The molecule has 2 aromatic heterocycles. The Balaban J connectivity index is 2.00. The number of thiophene rings is 1. The quantitative estimate of drug-likeness (QED) is 0.824. The zero-order valence-electron chi connectivity index (χ0n) is 11.5. The molecule has 0 saturated carbocycles. The number of hydrogen-bond acceptors (Lipinski definition) is 5. The zero-order chi connectivity index (χ0) is 14.8. The summed E-state index contributed by atoms with van der Waals surface area (Å²) in [5, 5.41) is 4.20. The van der Waals surface area contributed by atoms with Crippen molar-refractivity contribution >= 4 is 21.4 Å². The summed E-state index contributed by atoms with van der Waals surface area (Å²) in [4.78, 5) is 0.898. The van der Waals surface area contributed by atoms with Gasteiger partial charge in [-0.1, -0.05) is 0 Å². The van der Waals surface area contributed by atoms with Crippen LogP contribution in [0.1, 0.15) is 16.1 Å². The average molecular weight is 314 g/mol. The zero-order valence-corrected chi connectivity index (χ0v) is 13.1. The highest BCUT2D eigenvalue weighted by molar-refractivity contribution is 7.91. The Morgan fingerprint density at radius 1 is 1.50 bits per heavy atom. The van der Waals surface area contributed by atoms with Gasteiger partial charge in [0, 0.05) is 37.6 Å². The smallest absolute Gasteiger partial charge is 0.250 e. The van der Waals surface area contributed by atoms with E-state index < -0.39 is 10.0 Å². The molecule has 0 amide bonds. The van der Waals surface area contributed by atoms with E-state index in [2.05, 4.69) is 9.82 Å². The van der Waals surface area contributed by atoms with E-state index in [1.165, 1.54) is 11.3 Å². The molecular weight excluding hydrogens is 296 g/mol. The van der Waals surface area contributed by atoms with Crippen LogP contribution in [-0.4, -0.2) is 24.7 Å². The largest absolute Gasteiger partial charge is 0.326 e. The third-order valence-electron chi connectivity index (χ3n) is 2.89. The van der Waals surface area contributed by atoms with Gasteiger partial charge in [0.15, 0.2) is 0 Å². The predicted molar refractivity (Wildman–Crippen MR) is 79.0 cm³/mol. The van der Waals surface area contributed by atoms with Gasteiger partial charge in [-0.3, -0.25) is 4.68 Å². The highest BCUT2D eigenvalue weighted by Crippen LogP contribution is 2.25. The van der Waals surface area contributed by atoms with Crippen molar-refractivity contribution in [2.75, 3.05) is 6.54 Å². The van der Waals surface area contributed by atoms with Gasteiger partial charge in [0.2, 0.25) is 10.0 Å². The molecule has 3 N–H and O–H groups in total. The van der Waals surface area contributed by atoms with Gasteiger partial charge in [-0.15, -0.1) is 11.3 Å². The number of nitrogens with zero attached hydrogens (tertiary/aromatic N) is 2. The van der Waals surface area contributed by atoms with Crippen molar-refractivity contribution in [1.82, 2.24) is 14.5 Å².